The summed E-state index contributed by atoms with van der Waals surface area (Å²) >= 11 is 0. The summed E-state index contributed by atoms with van der Waals surface area (Å²) in [6.45, 7) is 3.04. The van der Waals surface area contributed by atoms with Gasteiger partial charge in [-0.05, 0) is 55.0 Å². The highest BCUT2D eigenvalue weighted by Gasteiger charge is 2.24. The number of nitrogens with zero attached hydrogens (tertiary/aromatic N) is 6. The average molecular weight is 538 g/mol. The molecule has 6 rings (SSSR count). The monoisotopic (exact) mass is 537 g/mol. The van der Waals surface area contributed by atoms with Gasteiger partial charge in [0.25, 0.3) is 0 Å². The van der Waals surface area contributed by atoms with Crippen LogP contribution in [-0.4, -0.2) is 60.6 Å². The number of carboxylic acid groups (broad SMARTS) is 1. The SMILES string of the molecule is COc1cc(-c2cnc(C)n2C)ccc1Nc1cc2cc(-c3cnn(C4CCN(C(=O)O)CC4)c3)ccc2cn1. The zero-order chi connectivity index (χ0) is 27.8. The second-order valence-electron chi connectivity index (χ2n) is 10.1. The Hall–Kier alpha value is -4.86. The van der Waals surface area contributed by atoms with Crippen molar-refractivity contribution in [3.8, 4) is 28.1 Å². The third-order valence-electron chi connectivity index (χ3n) is 7.75. The summed E-state index contributed by atoms with van der Waals surface area (Å²) in [5, 5.41) is 19.3. The van der Waals surface area contributed by atoms with Gasteiger partial charge in [0.1, 0.15) is 17.4 Å². The number of anilines is 2. The van der Waals surface area contributed by atoms with Gasteiger partial charge in [0.05, 0.1) is 36.9 Å². The molecule has 0 unspecified atom stereocenters. The van der Waals surface area contributed by atoms with Crippen molar-refractivity contribution in [3.05, 3.63) is 73.1 Å². The molecule has 0 aliphatic carbocycles. The van der Waals surface area contributed by atoms with Crippen molar-refractivity contribution in [2.24, 2.45) is 7.05 Å². The molecule has 1 saturated heterocycles. The van der Waals surface area contributed by atoms with Gasteiger partial charge in [0, 0.05) is 49.0 Å². The second-order valence-corrected chi connectivity index (χ2v) is 10.1. The molecule has 0 spiro atoms. The van der Waals surface area contributed by atoms with E-state index in [4.69, 9.17) is 4.74 Å². The number of aryl methyl sites for hydroxylation is 1. The molecule has 4 heterocycles. The highest BCUT2D eigenvalue weighted by atomic mass is 16.5. The van der Waals surface area contributed by atoms with E-state index in [0.29, 0.717) is 24.7 Å². The van der Waals surface area contributed by atoms with Gasteiger partial charge in [0.15, 0.2) is 0 Å². The average Bonchev–Trinajstić information content (AvgIpc) is 3.60. The van der Waals surface area contributed by atoms with Crippen LogP contribution in [0.4, 0.5) is 16.3 Å². The van der Waals surface area contributed by atoms with Crippen LogP contribution >= 0.6 is 0 Å². The number of fused-ring (bicyclic) bond motifs is 1. The maximum absolute atomic E-state index is 11.2. The number of hydrogen-bond donors (Lipinski definition) is 2. The van der Waals surface area contributed by atoms with Gasteiger partial charge in [-0.2, -0.15) is 5.10 Å². The molecule has 0 saturated carbocycles. The van der Waals surface area contributed by atoms with E-state index in [-0.39, 0.29) is 6.04 Å². The van der Waals surface area contributed by atoms with E-state index in [1.807, 2.05) is 61.5 Å². The van der Waals surface area contributed by atoms with E-state index >= 15 is 0 Å². The van der Waals surface area contributed by atoms with Crippen LogP contribution in [0.5, 0.6) is 5.75 Å². The molecular formula is C30H31N7O3. The van der Waals surface area contributed by atoms with Crippen LogP contribution in [0.25, 0.3) is 33.2 Å². The predicted molar refractivity (Wildman–Crippen MR) is 154 cm³/mol. The molecule has 1 amide bonds. The molecular weight excluding hydrogens is 506 g/mol. The Labute approximate surface area is 231 Å². The third kappa shape index (κ3) is 4.84. The van der Waals surface area contributed by atoms with Gasteiger partial charge < -0.3 is 24.6 Å². The third-order valence-corrected chi connectivity index (χ3v) is 7.75. The van der Waals surface area contributed by atoms with Gasteiger partial charge >= 0.3 is 6.09 Å². The highest BCUT2D eigenvalue weighted by molar-refractivity contribution is 5.89. The maximum Gasteiger partial charge on any atom is 0.407 e. The summed E-state index contributed by atoms with van der Waals surface area (Å²) in [5.74, 6) is 2.38. The number of methoxy groups -OCH3 is 1. The summed E-state index contributed by atoms with van der Waals surface area (Å²) in [7, 11) is 3.66. The zero-order valence-electron chi connectivity index (χ0n) is 22.7. The molecule has 40 heavy (non-hydrogen) atoms. The number of hydrogen-bond acceptors (Lipinski definition) is 6. The number of rotatable bonds is 6. The normalized spacial score (nSPS) is 14.0. The number of pyridine rings is 1. The first-order valence-electron chi connectivity index (χ1n) is 13.3. The van der Waals surface area contributed by atoms with Crippen molar-refractivity contribution in [1.82, 2.24) is 29.2 Å². The molecule has 0 bridgehead atoms. The standard InChI is InChI=1S/C30H31N7O3/c1-19-31-17-27(35(19)2)21-6-7-26(28(13-21)40-3)34-29-14-23-12-20(4-5-22(23)15-32-29)24-16-33-37(18-24)25-8-10-36(11-9-25)30(38)39/h4-7,12-18,25H,8-11H2,1-3H3,(H,32,34)(H,38,39). The number of aromatic nitrogens is 5. The lowest BCUT2D eigenvalue weighted by Gasteiger charge is -2.30. The smallest absolute Gasteiger partial charge is 0.407 e. The van der Waals surface area contributed by atoms with Crippen molar-refractivity contribution in [1.29, 1.82) is 0 Å². The number of likely N-dealkylation sites (tertiary alicyclic amines) is 1. The first-order valence-corrected chi connectivity index (χ1v) is 13.3. The molecule has 204 valence electrons. The fourth-order valence-electron chi connectivity index (χ4n) is 5.26. The Bertz CT molecular complexity index is 1700. The summed E-state index contributed by atoms with van der Waals surface area (Å²) in [6.07, 6.45) is 8.33. The Morgan fingerprint density at radius 2 is 1.77 bits per heavy atom. The molecule has 1 aliphatic heterocycles. The number of piperidine rings is 1. The van der Waals surface area contributed by atoms with E-state index in [1.54, 1.807) is 7.11 Å². The summed E-state index contributed by atoms with van der Waals surface area (Å²) < 4.78 is 9.72. The lowest BCUT2D eigenvalue weighted by Crippen LogP contribution is -2.38. The van der Waals surface area contributed by atoms with E-state index in [9.17, 15) is 9.90 Å². The Morgan fingerprint density at radius 1 is 0.975 bits per heavy atom. The lowest BCUT2D eigenvalue weighted by atomic mass is 10.0. The van der Waals surface area contributed by atoms with Crippen LogP contribution in [0, 0.1) is 6.92 Å². The van der Waals surface area contributed by atoms with Crippen LogP contribution < -0.4 is 10.1 Å². The summed E-state index contributed by atoms with van der Waals surface area (Å²) in [5.41, 5.74) is 4.95. The number of amides is 1. The van der Waals surface area contributed by atoms with E-state index in [2.05, 4.69) is 49.3 Å². The number of benzene rings is 2. The van der Waals surface area contributed by atoms with Crippen molar-refractivity contribution >= 4 is 28.4 Å². The molecule has 3 aromatic heterocycles. The minimum Gasteiger partial charge on any atom is -0.495 e. The zero-order valence-corrected chi connectivity index (χ0v) is 22.7. The quantitative estimate of drug-likeness (QED) is 0.279. The van der Waals surface area contributed by atoms with Gasteiger partial charge in [-0.25, -0.2) is 14.8 Å². The first kappa shape index (κ1) is 25.4. The number of carbonyl (C=O) groups is 1. The summed E-state index contributed by atoms with van der Waals surface area (Å²) in [4.78, 5) is 21.7. The Balaban J connectivity index is 1.22. The predicted octanol–water partition coefficient (Wildman–Crippen LogP) is 5.87. The van der Waals surface area contributed by atoms with Gasteiger partial charge in [-0.3, -0.25) is 4.68 Å². The van der Waals surface area contributed by atoms with Crippen molar-refractivity contribution in [2.75, 3.05) is 25.5 Å². The number of nitrogens with one attached hydrogen (secondary N) is 1. The molecule has 2 aromatic carbocycles. The van der Waals surface area contributed by atoms with Crippen molar-refractivity contribution in [2.45, 2.75) is 25.8 Å². The molecule has 0 atom stereocenters. The number of ether oxygens (including phenoxy) is 1. The molecule has 10 nitrogen and oxygen atoms in total. The Kier molecular flexibility index (Phi) is 6.59. The molecule has 10 heteroatoms. The van der Waals surface area contributed by atoms with Crippen LogP contribution in [0.2, 0.25) is 0 Å². The van der Waals surface area contributed by atoms with Gasteiger partial charge in [-0.1, -0.05) is 18.2 Å². The lowest BCUT2D eigenvalue weighted by molar-refractivity contribution is 0.124. The van der Waals surface area contributed by atoms with Gasteiger partial charge in [-0.15, -0.1) is 0 Å². The first-order chi connectivity index (χ1) is 19.4. The van der Waals surface area contributed by atoms with Crippen LogP contribution in [-0.2, 0) is 7.05 Å². The largest absolute Gasteiger partial charge is 0.495 e. The fourth-order valence-corrected chi connectivity index (χ4v) is 5.26. The highest BCUT2D eigenvalue weighted by Crippen LogP contribution is 2.34. The van der Waals surface area contributed by atoms with E-state index in [1.165, 1.54) is 4.90 Å². The van der Waals surface area contributed by atoms with Crippen LogP contribution in [0.3, 0.4) is 0 Å². The van der Waals surface area contributed by atoms with Crippen LogP contribution in [0.15, 0.2) is 67.3 Å². The number of imidazole rings is 1. The molecule has 1 aliphatic rings. The van der Waals surface area contributed by atoms with Gasteiger partial charge in [0.2, 0.25) is 0 Å². The van der Waals surface area contributed by atoms with Crippen molar-refractivity contribution in [3.63, 3.8) is 0 Å². The molecule has 2 N–H and O–H groups in total. The molecule has 0 radical (unpaired) electrons. The van der Waals surface area contributed by atoms with E-state index in [0.717, 1.165) is 57.5 Å². The molecule has 1 fully saturated rings. The minimum atomic E-state index is -0.852. The molecule has 5 aromatic rings. The second kappa shape index (κ2) is 10.4. The maximum atomic E-state index is 11.2. The minimum absolute atomic E-state index is 0.202. The summed E-state index contributed by atoms with van der Waals surface area (Å²) in [6, 6.07) is 14.6. The van der Waals surface area contributed by atoms with Crippen molar-refractivity contribution < 1.29 is 14.6 Å². The van der Waals surface area contributed by atoms with E-state index < -0.39 is 6.09 Å². The topological polar surface area (TPSA) is 110 Å². The fraction of sp³-hybridized carbons (Fsp3) is 0.267. The Morgan fingerprint density at radius 3 is 2.50 bits per heavy atom. The van der Waals surface area contributed by atoms with Crippen LogP contribution in [0.1, 0.15) is 24.7 Å².